The fourth-order valence-corrected chi connectivity index (χ4v) is 2.69. The molecule has 0 aliphatic carbocycles. The number of nitrogens with one attached hydrogen (secondary N) is 1. The van der Waals surface area contributed by atoms with Crippen LogP contribution in [0.3, 0.4) is 0 Å². The second-order valence-electron chi connectivity index (χ2n) is 4.42. The van der Waals surface area contributed by atoms with Gasteiger partial charge in [0.15, 0.2) is 0 Å². The molecule has 0 aliphatic rings. The Bertz CT molecular complexity index is 507. The number of rotatable bonds is 5. The average molecular weight is 308 g/mol. The lowest BCUT2D eigenvalue weighted by molar-refractivity contribution is 0.547. The summed E-state index contributed by atoms with van der Waals surface area (Å²) in [4.78, 5) is 0. The number of nitrogens with zero attached hydrogens (tertiary/aromatic N) is 2. The molecular formula is C14H18BrN3. The third-order valence-corrected chi connectivity index (χ3v) is 3.83. The average Bonchev–Trinajstić information content (AvgIpc) is 2.78. The van der Waals surface area contributed by atoms with E-state index in [1.54, 1.807) is 0 Å². The van der Waals surface area contributed by atoms with Crippen LogP contribution in [0.15, 0.2) is 41.1 Å². The molecule has 18 heavy (non-hydrogen) atoms. The van der Waals surface area contributed by atoms with Gasteiger partial charge in [-0.15, -0.1) is 0 Å². The van der Waals surface area contributed by atoms with Gasteiger partial charge in [0, 0.05) is 23.8 Å². The van der Waals surface area contributed by atoms with Gasteiger partial charge in [-0.3, -0.25) is 4.68 Å². The molecule has 0 bridgehead atoms. The van der Waals surface area contributed by atoms with Crippen molar-refractivity contribution in [2.24, 2.45) is 7.05 Å². The van der Waals surface area contributed by atoms with Gasteiger partial charge in [-0.2, -0.15) is 5.10 Å². The first-order valence-corrected chi connectivity index (χ1v) is 6.89. The monoisotopic (exact) mass is 307 g/mol. The second kappa shape index (κ2) is 6.16. The first-order valence-electron chi connectivity index (χ1n) is 6.10. The molecule has 1 atom stereocenters. The van der Waals surface area contributed by atoms with E-state index in [4.69, 9.17) is 0 Å². The fraction of sp³-hybridized carbons (Fsp3) is 0.357. The van der Waals surface area contributed by atoms with Crippen LogP contribution in [0.1, 0.15) is 23.6 Å². The summed E-state index contributed by atoms with van der Waals surface area (Å²) in [5, 5.41) is 7.58. The lowest BCUT2D eigenvalue weighted by atomic mass is 10.0. The molecule has 3 nitrogen and oxygen atoms in total. The SMILES string of the molecule is CNC(CCc1cnn(C)c1)c1ccccc1Br. The highest BCUT2D eigenvalue weighted by atomic mass is 79.9. The van der Waals surface area contributed by atoms with E-state index in [-0.39, 0.29) is 0 Å². The number of aryl methyl sites for hydroxylation is 2. The van der Waals surface area contributed by atoms with Crippen molar-refractivity contribution < 1.29 is 0 Å². The number of hydrogen-bond acceptors (Lipinski definition) is 2. The largest absolute Gasteiger partial charge is 0.313 e. The zero-order chi connectivity index (χ0) is 13.0. The molecule has 0 aliphatic heterocycles. The Morgan fingerprint density at radius 2 is 2.17 bits per heavy atom. The molecule has 1 aromatic heterocycles. The third kappa shape index (κ3) is 3.21. The van der Waals surface area contributed by atoms with Crippen LogP contribution in [-0.2, 0) is 13.5 Å². The van der Waals surface area contributed by atoms with Gasteiger partial charge in [-0.1, -0.05) is 34.1 Å². The van der Waals surface area contributed by atoms with E-state index in [9.17, 15) is 0 Å². The summed E-state index contributed by atoms with van der Waals surface area (Å²) in [6.45, 7) is 0. The second-order valence-corrected chi connectivity index (χ2v) is 5.28. The van der Waals surface area contributed by atoms with Gasteiger partial charge >= 0.3 is 0 Å². The van der Waals surface area contributed by atoms with E-state index in [0.29, 0.717) is 6.04 Å². The minimum Gasteiger partial charge on any atom is -0.313 e. The van der Waals surface area contributed by atoms with Gasteiger partial charge in [0.05, 0.1) is 6.20 Å². The van der Waals surface area contributed by atoms with Crippen molar-refractivity contribution in [1.82, 2.24) is 15.1 Å². The molecule has 0 fully saturated rings. The zero-order valence-electron chi connectivity index (χ0n) is 10.7. The van der Waals surface area contributed by atoms with Crippen LogP contribution in [0.4, 0.5) is 0 Å². The van der Waals surface area contributed by atoms with Crippen LogP contribution in [0.2, 0.25) is 0 Å². The summed E-state index contributed by atoms with van der Waals surface area (Å²) in [5.41, 5.74) is 2.59. The van der Waals surface area contributed by atoms with Gasteiger partial charge < -0.3 is 5.32 Å². The van der Waals surface area contributed by atoms with Crippen LogP contribution in [-0.4, -0.2) is 16.8 Å². The van der Waals surface area contributed by atoms with Gasteiger partial charge in [0.1, 0.15) is 0 Å². The Labute approximate surface area is 116 Å². The molecule has 1 unspecified atom stereocenters. The van der Waals surface area contributed by atoms with E-state index in [0.717, 1.165) is 17.3 Å². The molecule has 1 N–H and O–H groups in total. The standard InChI is InChI=1S/C14H18BrN3/c1-16-14(12-5-3-4-6-13(12)15)8-7-11-9-17-18(2)10-11/h3-6,9-10,14,16H,7-8H2,1-2H3. The van der Waals surface area contributed by atoms with E-state index >= 15 is 0 Å². The molecule has 1 heterocycles. The molecule has 0 amide bonds. The van der Waals surface area contributed by atoms with Gasteiger partial charge in [0.25, 0.3) is 0 Å². The summed E-state index contributed by atoms with van der Waals surface area (Å²) in [6.07, 6.45) is 6.10. The van der Waals surface area contributed by atoms with Crippen LogP contribution < -0.4 is 5.32 Å². The van der Waals surface area contributed by atoms with E-state index < -0.39 is 0 Å². The summed E-state index contributed by atoms with van der Waals surface area (Å²) < 4.78 is 3.01. The van der Waals surface area contributed by atoms with Crippen molar-refractivity contribution in [1.29, 1.82) is 0 Å². The van der Waals surface area contributed by atoms with Gasteiger partial charge in [-0.25, -0.2) is 0 Å². The summed E-state index contributed by atoms with van der Waals surface area (Å²) in [5.74, 6) is 0. The van der Waals surface area contributed by atoms with Crippen LogP contribution in [0, 0.1) is 0 Å². The Hall–Kier alpha value is -1.13. The minimum absolute atomic E-state index is 0.362. The highest BCUT2D eigenvalue weighted by Crippen LogP contribution is 2.26. The zero-order valence-corrected chi connectivity index (χ0v) is 12.3. The minimum atomic E-state index is 0.362. The molecule has 1 aromatic carbocycles. The number of benzene rings is 1. The number of halogens is 1. The molecule has 0 saturated carbocycles. The first kappa shape index (κ1) is 13.3. The van der Waals surface area contributed by atoms with Gasteiger partial charge in [0.2, 0.25) is 0 Å². The molecule has 96 valence electrons. The van der Waals surface area contributed by atoms with Crippen LogP contribution in [0.5, 0.6) is 0 Å². The van der Waals surface area contributed by atoms with E-state index in [2.05, 4.69) is 50.7 Å². The molecule has 2 aromatic rings. The Morgan fingerprint density at radius 3 is 2.78 bits per heavy atom. The highest BCUT2D eigenvalue weighted by molar-refractivity contribution is 9.10. The fourth-order valence-electron chi connectivity index (χ4n) is 2.13. The van der Waals surface area contributed by atoms with Crippen LogP contribution in [0.25, 0.3) is 0 Å². The highest BCUT2D eigenvalue weighted by Gasteiger charge is 2.12. The van der Waals surface area contributed by atoms with Crippen molar-refractivity contribution in [2.75, 3.05) is 7.05 Å². The van der Waals surface area contributed by atoms with E-state index in [1.807, 2.05) is 31.0 Å². The lowest BCUT2D eigenvalue weighted by Crippen LogP contribution is -2.17. The van der Waals surface area contributed by atoms with Crippen molar-refractivity contribution >= 4 is 15.9 Å². The smallest absolute Gasteiger partial charge is 0.0521 e. The van der Waals surface area contributed by atoms with Crippen LogP contribution >= 0.6 is 15.9 Å². The van der Waals surface area contributed by atoms with Gasteiger partial charge in [-0.05, 0) is 37.1 Å². The van der Waals surface area contributed by atoms with Crippen molar-refractivity contribution in [3.05, 3.63) is 52.3 Å². The van der Waals surface area contributed by atoms with Crippen molar-refractivity contribution in [3.63, 3.8) is 0 Å². The van der Waals surface area contributed by atoms with Crippen molar-refractivity contribution in [3.8, 4) is 0 Å². The molecule has 2 rings (SSSR count). The Balaban J connectivity index is 2.04. The predicted octanol–water partition coefficient (Wildman–Crippen LogP) is 3.08. The number of aromatic nitrogens is 2. The van der Waals surface area contributed by atoms with E-state index in [1.165, 1.54) is 11.1 Å². The topological polar surface area (TPSA) is 29.9 Å². The normalized spacial score (nSPS) is 12.6. The Morgan fingerprint density at radius 1 is 1.39 bits per heavy atom. The summed E-state index contributed by atoms with van der Waals surface area (Å²) in [7, 11) is 3.96. The predicted molar refractivity (Wildman–Crippen MR) is 77.5 cm³/mol. The van der Waals surface area contributed by atoms with Crippen molar-refractivity contribution in [2.45, 2.75) is 18.9 Å². The maximum atomic E-state index is 4.20. The third-order valence-electron chi connectivity index (χ3n) is 3.11. The quantitative estimate of drug-likeness (QED) is 0.920. The molecule has 0 spiro atoms. The lowest BCUT2D eigenvalue weighted by Gasteiger charge is -2.17. The maximum Gasteiger partial charge on any atom is 0.0521 e. The molecule has 0 radical (unpaired) electrons. The molecular weight excluding hydrogens is 290 g/mol. The summed E-state index contributed by atoms with van der Waals surface area (Å²) in [6, 6.07) is 8.73. The number of hydrogen-bond donors (Lipinski definition) is 1. The maximum absolute atomic E-state index is 4.20. The molecule has 0 saturated heterocycles. The first-order chi connectivity index (χ1) is 8.70. The molecule has 4 heteroatoms. The summed E-state index contributed by atoms with van der Waals surface area (Å²) >= 11 is 3.61. The Kier molecular flexibility index (Phi) is 4.55.